The zero-order chi connectivity index (χ0) is 16.9. The third-order valence-electron chi connectivity index (χ3n) is 3.93. The summed E-state index contributed by atoms with van der Waals surface area (Å²) in [5.74, 6) is 0.826. The van der Waals surface area contributed by atoms with Gasteiger partial charge in [0.15, 0.2) is 0 Å². The van der Waals surface area contributed by atoms with Crippen LogP contribution in [0.2, 0.25) is 0 Å². The average Bonchev–Trinajstić information content (AvgIpc) is 3.19. The van der Waals surface area contributed by atoms with Crippen molar-refractivity contribution in [1.82, 2.24) is 4.90 Å². The first-order chi connectivity index (χ1) is 11.7. The Morgan fingerprint density at radius 1 is 1.42 bits per heavy atom. The van der Waals surface area contributed by atoms with Crippen LogP contribution in [0.4, 0.5) is 0 Å². The number of ether oxygens (including phenoxy) is 2. The summed E-state index contributed by atoms with van der Waals surface area (Å²) < 4.78 is 11.8. The Kier molecular flexibility index (Phi) is 5.92. The molecular weight excluding hydrogens is 342 g/mol. The van der Waals surface area contributed by atoms with Gasteiger partial charge in [0, 0.05) is 6.61 Å². The average molecular weight is 364 g/mol. The van der Waals surface area contributed by atoms with Gasteiger partial charge < -0.3 is 9.47 Å². The molecule has 0 aliphatic carbocycles. The molecule has 2 fully saturated rings. The molecule has 0 bridgehead atoms. The Hall–Kier alpha value is -1.37. The summed E-state index contributed by atoms with van der Waals surface area (Å²) in [7, 11) is 0. The van der Waals surface area contributed by atoms with Crippen molar-refractivity contribution in [2.45, 2.75) is 32.3 Å². The second-order valence-corrected chi connectivity index (χ2v) is 7.52. The number of hydrogen-bond donors (Lipinski definition) is 0. The van der Waals surface area contributed by atoms with Gasteiger partial charge in [-0.3, -0.25) is 9.69 Å². The minimum Gasteiger partial charge on any atom is -0.494 e. The molecule has 0 spiro atoms. The lowest BCUT2D eigenvalue weighted by molar-refractivity contribution is -0.123. The van der Waals surface area contributed by atoms with Gasteiger partial charge in [-0.05, 0) is 43.0 Å². The molecule has 2 aliphatic rings. The van der Waals surface area contributed by atoms with Gasteiger partial charge >= 0.3 is 0 Å². The highest BCUT2D eigenvalue weighted by Gasteiger charge is 2.34. The van der Waals surface area contributed by atoms with Crippen LogP contribution in [0.15, 0.2) is 29.2 Å². The zero-order valence-corrected chi connectivity index (χ0v) is 15.3. The van der Waals surface area contributed by atoms with E-state index in [0.29, 0.717) is 22.4 Å². The van der Waals surface area contributed by atoms with Crippen molar-refractivity contribution in [2.24, 2.45) is 0 Å². The van der Waals surface area contributed by atoms with E-state index in [1.165, 1.54) is 11.8 Å². The van der Waals surface area contributed by atoms with E-state index in [1.54, 1.807) is 4.90 Å². The Morgan fingerprint density at radius 3 is 2.88 bits per heavy atom. The maximum atomic E-state index is 12.6. The molecule has 1 aromatic carbocycles. The molecule has 0 unspecified atom stereocenters. The molecule has 1 amide bonds. The lowest BCUT2D eigenvalue weighted by Gasteiger charge is -2.18. The van der Waals surface area contributed by atoms with Gasteiger partial charge in [-0.2, -0.15) is 0 Å². The predicted octanol–water partition coefficient (Wildman–Crippen LogP) is 3.86. The molecule has 3 rings (SSSR count). The number of amides is 1. The van der Waals surface area contributed by atoms with Crippen LogP contribution in [0, 0.1) is 0 Å². The molecular formula is C18H21NO3S2. The molecule has 2 heterocycles. The maximum Gasteiger partial charge on any atom is 0.266 e. The van der Waals surface area contributed by atoms with Crippen LogP contribution in [0.3, 0.4) is 0 Å². The fourth-order valence-electron chi connectivity index (χ4n) is 2.68. The highest BCUT2D eigenvalue weighted by atomic mass is 32.2. The Balaban J connectivity index is 1.66. The van der Waals surface area contributed by atoms with Gasteiger partial charge in [-0.1, -0.05) is 43.0 Å². The van der Waals surface area contributed by atoms with E-state index in [9.17, 15) is 4.79 Å². The van der Waals surface area contributed by atoms with Crippen LogP contribution in [-0.2, 0) is 9.53 Å². The molecule has 128 valence electrons. The number of rotatable bonds is 6. The van der Waals surface area contributed by atoms with Crippen LogP contribution >= 0.6 is 24.0 Å². The van der Waals surface area contributed by atoms with E-state index < -0.39 is 0 Å². The third-order valence-corrected chi connectivity index (χ3v) is 5.31. The lowest BCUT2D eigenvalue weighted by Crippen LogP contribution is -2.35. The summed E-state index contributed by atoms with van der Waals surface area (Å²) in [6.07, 6.45) is 5.03. The minimum atomic E-state index is -0.0215. The second kappa shape index (κ2) is 8.14. The molecule has 0 aromatic heterocycles. The molecule has 6 heteroatoms. The van der Waals surface area contributed by atoms with E-state index >= 15 is 0 Å². The van der Waals surface area contributed by atoms with Crippen LogP contribution in [0.5, 0.6) is 5.75 Å². The van der Waals surface area contributed by atoms with E-state index in [1.807, 2.05) is 30.3 Å². The first-order valence-corrected chi connectivity index (χ1v) is 9.49. The van der Waals surface area contributed by atoms with E-state index in [0.717, 1.165) is 37.2 Å². The number of carbonyl (C=O) groups is 1. The number of carbonyl (C=O) groups excluding carboxylic acids is 1. The van der Waals surface area contributed by atoms with Gasteiger partial charge in [0.2, 0.25) is 0 Å². The summed E-state index contributed by atoms with van der Waals surface area (Å²) >= 11 is 6.73. The highest BCUT2D eigenvalue weighted by molar-refractivity contribution is 8.26. The standard InChI is InChI=1S/C18H21NO3S2/c1-2-9-21-14-7-5-13(6-8-14)11-16-17(20)19(18(23)24-16)12-15-4-3-10-22-15/h5-8,11,15H,2-4,9-10,12H2,1H3/b16-11-/t15-/m1/s1. The molecule has 1 atom stereocenters. The van der Waals surface area contributed by atoms with Crippen molar-refractivity contribution in [3.05, 3.63) is 34.7 Å². The Labute approximate surface area is 152 Å². The molecule has 0 radical (unpaired) electrons. The smallest absolute Gasteiger partial charge is 0.266 e. The van der Waals surface area contributed by atoms with Crippen LogP contribution in [-0.4, -0.2) is 41.0 Å². The number of hydrogen-bond acceptors (Lipinski definition) is 5. The molecule has 24 heavy (non-hydrogen) atoms. The summed E-state index contributed by atoms with van der Waals surface area (Å²) in [6.45, 7) is 4.13. The summed E-state index contributed by atoms with van der Waals surface area (Å²) in [5.41, 5.74) is 0.969. The maximum absolute atomic E-state index is 12.6. The summed E-state index contributed by atoms with van der Waals surface area (Å²) in [4.78, 5) is 14.9. The molecule has 2 aliphatic heterocycles. The SMILES string of the molecule is CCCOc1ccc(/C=C2\SC(=S)N(C[C@H]3CCCO3)C2=O)cc1. The topological polar surface area (TPSA) is 38.8 Å². The van der Waals surface area contributed by atoms with Crippen molar-refractivity contribution in [3.8, 4) is 5.75 Å². The van der Waals surface area contributed by atoms with Gasteiger partial charge in [-0.25, -0.2) is 0 Å². The van der Waals surface area contributed by atoms with Crippen molar-refractivity contribution >= 4 is 40.3 Å². The first kappa shape index (κ1) is 17.5. The predicted molar refractivity (Wildman–Crippen MR) is 101 cm³/mol. The number of nitrogens with zero attached hydrogens (tertiary/aromatic N) is 1. The van der Waals surface area contributed by atoms with Crippen molar-refractivity contribution < 1.29 is 14.3 Å². The van der Waals surface area contributed by atoms with E-state index in [-0.39, 0.29) is 12.0 Å². The number of thioether (sulfide) groups is 1. The molecule has 0 saturated carbocycles. The minimum absolute atomic E-state index is 0.0215. The summed E-state index contributed by atoms with van der Waals surface area (Å²) in [6, 6.07) is 7.76. The normalized spacial score (nSPS) is 22.6. The fraction of sp³-hybridized carbons (Fsp3) is 0.444. The number of thiocarbonyl (C=S) groups is 1. The van der Waals surface area contributed by atoms with Gasteiger partial charge in [-0.15, -0.1) is 0 Å². The molecule has 4 nitrogen and oxygen atoms in total. The van der Waals surface area contributed by atoms with Gasteiger partial charge in [0.25, 0.3) is 5.91 Å². The lowest BCUT2D eigenvalue weighted by atomic mass is 10.2. The number of benzene rings is 1. The summed E-state index contributed by atoms with van der Waals surface area (Å²) in [5, 5.41) is 0. The molecule has 2 saturated heterocycles. The van der Waals surface area contributed by atoms with Gasteiger partial charge in [0.05, 0.1) is 24.2 Å². The van der Waals surface area contributed by atoms with E-state index in [4.69, 9.17) is 21.7 Å². The van der Waals surface area contributed by atoms with Crippen molar-refractivity contribution in [2.75, 3.05) is 19.8 Å². The molecule has 0 N–H and O–H groups in total. The Bertz CT molecular complexity index is 636. The Morgan fingerprint density at radius 2 is 2.21 bits per heavy atom. The zero-order valence-electron chi connectivity index (χ0n) is 13.7. The second-order valence-electron chi connectivity index (χ2n) is 5.84. The monoisotopic (exact) mass is 363 g/mol. The van der Waals surface area contributed by atoms with Crippen molar-refractivity contribution in [3.63, 3.8) is 0 Å². The molecule has 1 aromatic rings. The first-order valence-electron chi connectivity index (χ1n) is 8.27. The van der Waals surface area contributed by atoms with Crippen LogP contribution in [0.1, 0.15) is 31.7 Å². The third kappa shape index (κ3) is 4.18. The van der Waals surface area contributed by atoms with Crippen LogP contribution < -0.4 is 4.74 Å². The van der Waals surface area contributed by atoms with Gasteiger partial charge in [0.1, 0.15) is 10.1 Å². The van der Waals surface area contributed by atoms with E-state index in [2.05, 4.69) is 6.92 Å². The quantitative estimate of drug-likeness (QED) is 0.567. The van der Waals surface area contributed by atoms with Crippen LogP contribution in [0.25, 0.3) is 6.08 Å². The largest absolute Gasteiger partial charge is 0.494 e. The highest BCUT2D eigenvalue weighted by Crippen LogP contribution is 2.33. The van der Waals surface area contributed by atoms with Crippen molar-refractivity contribution in [1.29, 1.82) is 0 Å². The fourth-order valence-corrected chi connectivity index (χ4v) is 3.96.